The summed E-state index contributed by atoms with van der Waals surface area (Å²) < 4.78 is 4.59. The van der Waals surface area contributed by atoms with E-state index in [4.69, 9.17) is 5.11 Å². The van der Waals surface area contributed by atoms with Crippen LogP contribution in [0, 0.1) is 0 Å². The van der Waals surface area contributed by atoms with Gasteiger partial charge in [0, 0.05) is 24.5 Å². The quantitative estimate of drug-likeness (QED) is 0.747. The van der Waals surface area contributed by atoms with Crippen LogP contribution in [-0.4, -0.2) is 35.9 Å². The van der Waals surface area contributed by atoms with Gasteiger partial charge in [0.1, 0.15) is 6.61 Å². The van der Waals surface area contributed by atoms with Crippen molar-refractivity contribution in [1.82, 2.24) is 10.3 Å². The lowest BCUT2D eigenvalue weighted by Crippen LogP contribution is -2.27. The molecule has 1 aromatic rings. The van der Waals surface area contributed by atoms with Gasteiger partial charge in [-0.05, 0) is 0 Å². The van der Waals surface area contributed by atoms with Crippen LogP contribution in [0.25, 0.3) is 0 Å². The Morgan fingerprint density at radius 3 is 3.21 bits per heavy atom. The molecule has 0 atom stereocenters. The van der Waals surface area contributed by atoms with Gasteiger partial charge in [0.2, 0.25) is 0 Å². The Labute approximate surface area is 85.7 Å². The summed E-state index contributed by atoms with van der Waals surface area (Å²) in [7, 11) is 0. The van der Waals surface area contributed by atoms with Crippen molar-refractivity contribution in [3.05, 3.63) is 16.6 Å². The molecule has 6 heteroatoms. The van der Waals surface area contributed by atoms with Crippen LogP contribution < -0.4 is 5.32 Å². The van der Waals surface area contributed by atoms with Gasteiger partial charge in [-0.15, -0.1) is 11.3 Å². The number of hydrogen-bond donors (Lipinski definition) is 2. The van der Waals surface area contributed by atoms with Gasteiger partial charge in [-0.3, -0.25) is 0 Å². The number of ether oxygens (including phenoxy) is 1. The Balaban J connectivity index is 2.06. The molecule has 78 valence electrons. The molecule has 0 saturated carbocycles. The largest absolute Gasteiger partial charge is 0.447 e. The first-order valence-corrected chi connectivity index (χ1v) is 5.10. The second-order valence-electron chi connectivity index (χ2n) is 2.46. The Bertz CT molecular complexity index is 264. The molecule has 0 fully saturated rings. The Kier molecular flexibility index (Phi) is 4.95. The smallest absolute Gasteiger partial charge is 0.407 e. The lowest BCUT2D eigenvalue weighted by molar-refractivity contribution is 0.119. The lowest BCUT2D eigenvalue weighted by atomic mass is 10.4. The van der Waals surface area contributed by atoms with Gasteiger partial charge in [-0.2, -0.15) is 0 Å². The summed E-state index contributed by atoms with van der Waals surface area (Å²) in [4.78, 5) is 14.9. The summed E-state index contributed by atoms with van der Waals surface area (Å²) in [5.74, 6) is 0. The maximum absolute atomic E-state index is 10.9. The summed E-state index contributed by atoms with van der Waals surface area (Å²) >= 11 is 1.55. The minimum Gasteiger partial charge on any atom is -0.447 e. The SMILES string of the molecule is O=C(NCCc1nccs1)OCCO. The number of thiazole rings is 1. The molecule has 1 aromatic heterocycles. The molecule has 0 aliphatic carbocycles. The number of alkyl carbamates (subject to hydrolysis) is 1. The average molecular weight is 216 g/mol. The number of aliphatic hydroxyl groups is 1. The highest BCUT2D eigenvalue weighted by Crippen LogP contribution is 2.03. The fourth-order valence-electron chi connectivity index (χ4n) is 0.837. The van der Waals surface area contributed by atoms with E-state index < -0.39 is 6.09 Å². The van der Waals surface area contributed by atoms with Crippen LogP contribution in [0.3, 0.4) is 0 Å². The van der Waals surface area contributed by atoms with Gasteiger partial charge in [-0.1, -0.05) is 0 Å². The van der Waals surface area contributed by atoms with Crippen LogP contribution in [0.5, 0.6) is 0 Å². The maximum atomic E-state index is 10.9. The molecular formula is C8H12N2O3S. The molecule has 5 nitrogen and oxygen atoms in total. The third-order valence-electron chi connectivity index (χ3n) is 1.42. The van der Waals surface area contributed by atoms with E-state index in [1.807, 2.05) is 5.38 Å². The summed E-state index contributed by atoms with van der Waals surface area (Å²) in [6, 6.07) is 0. The molecule has 1 rings (SSSR count). The second-order valence-corrected chi connectivity index (χ2v) is 3.44. The number of aromatic nitrogens is 1. The topological polar surface area (TPSA) is 71.5 Å². The van der Waals surface area contributed by atoms with Gasteiger partial charge in [0.05, 0.1) is 11.6 Å². The van der Waals surface area contributed by atoms with Gasteiger partial charge in [-0.25, -0.2) is 9.78 Å². The highest BCUT2D eigenvalue weighted by molar-refractivity contribution is 7.09. The van der Waals surface area contributed by atoms with E-state index in [0.29, 0.717) is 13.0 Å². The molecule has 0 aliphatic heterocycles. The van der Waals surface area contributed by atoms with E-state index in [0.717, 1.165) is 5.01 Å². The van der Waals surface area contributed by atoms with Crippen molar-refractivity contribution in [3.63, 3.8) is 0 Å². The van der Waals surface area contributed by atoms with Gasteiger partial charge in [0.25, 0.3) is 0 Å². The molecule has 0 unspecified atom stereocenters. The highest BCUT2D eigenvalue weighted by Gasteiger charge is 2.01. The number of carbonyl (C=O) groups excluding carboxylic acids is 1. The maximum Gasteiger partial charge on any atom is 0.407 e. The second kappa shape index (κ2) is 6.33. The summed E-state index contributed by atoms with van der Waals surface area (Å²) in [6.45, 7) is 0.376. The van der Waals surface area contributed by atoms with Gasteiger partial charge in [0.15, 0.2) is 0 Å². The molecule has 0 bridgehead atoms. The minimum absolute atomic E-state index is 0.0308. The molecule has 14 heavy (non-hydrogen) atoms. The van der Waals surface area contributed by atoms with Gasteiger partial charge < -0.3 is 15.2 Å². The molecule has 0 radical (unpaired) electrons. The molecule has 1 amide bonds. The zero-order valence-corrected chi connectivity index (χ0v) is 8.42. The summed E-state index contributed by atoms with van der Waals surface area (Å²) in [5, 5.41) is 13.8. The highest BCUT2D eigenvalue weighted by atomic mass is 32.1. The standard InChI is InChI=1S/C8H12N2O3S/c11-4-5-13-8(12)10-2-1-7-9-3-6-14-7/h3,6,11H,1-2,4-5H2,(H,10,12). The van der Waals surface area contributed by atoms with Crippen molar-refractivity contribution in [2.24, 2.45) is 0 Å². The fraction of sp³-hybridized carbons (Fsp3) is 0.500. The monoisotopic (exact) mass is 216 g/mol. The van der Waals surface area contributed by atoms with Crippen LogP contribution in [0.1, 0.15) is 5.01 Å². The van der Waals surface area contributed by atoms with E-state index in [-0.39, 0.29) is 13.2 Å². The Hall–Kier alpha value is -1.14. The Morgan fingerprint density at radius 2 is 2.57 bits per heavy atom. The zero-order valence-electron chi connectivity index (χ0n) is 7.60. The Morgan fingerprint density at radius 1 is 1.71 bits per heavy atom. The first kappa shape index (κ1) is 10.9. The number of aliphatic hydroxyl groups excluding tert-OH is 1. The average Bonchev–Trinajstić information content (AvgIpc) is 2.67. The third kappa shape index (κ3) is 4.20. The number of amides is 1. The van der Waals surface area contributed by atoms with Crippen molar-refractivity contribution < 1.29 is 14.6 Å². The molecular weight excluding hydrogens is 204 g/mol. The van der Waals surface area contributed by atoms with Crippen LogP contribution >= 0.6 is 11.3 Å². The van der Waals surface area contributed by atoms with E-state index in [9.17, 15) is 4.79 Å². The van der Waals surface area contributed by atoms with Crippen molar-refractivity contribution in [3.8, 4) is 0 Å². The summed E-state index contributed by atoms with van der Waals surface area (Å²) in [5.41, 5.74) is 0. The fourth-order valence-corrected chi connectivity index (χ4v) is 1.46. The number of nitrogens with zero attached hydrogens (tertiary/aromatic N) is 1. The number of nitrogens with one attached hydrogen (secondary N) is 1. The van der Waals surface area contributed by atoms with Crippen molar-refractivity contribution in [1.29, 1.82) is 0 Å². The van der Waals surface area contributed by atoms with E-state index in [1.165, 1.54) is 0 Å². The zero-order chi connectivity index (χ0) is 10.2. The number of rotatable bonds is 5. The first-order valence-electron chi connectivity index (χ1n) is 4.23. The van der Waals surface area contributed by atoms with Crippen LogP contribution in [-0.2, 0) is 11.2 Å². The van der Waals surface area contributed by atoms with E-state index >= 15 is 0 Å². The third-order valence-corrected chi connectivity index (χ3v) is 2.26. The lowest BCUT2D eigenvalue weighted by Gasteiger charge is -2.03. The molecule has 0 spiro atoms. The van der Waals surface area contributed by atoms with Crippen LogP contribution in [0.15, 0.2) is 11.6 Å². The number of hydrogen-bond acceptors (Lipinski definition) is 5. The molecule has 2 N–H and O–H groups in total. The van der Waals surface area contributed by atoms with Crippen molar-refractivity contribution in [2.75, 3.05) is 19.8 Å². The normalized spacial score (nSPS) is 9.79. The van der Waals surface area contributed by atoms with Crippen molar-refractivity contribution in [2.45, 2.75) is 6.42 Å². The van der Waals surface area contributed by atoms with Crippen LogP contribution in [0.2, 0.25) is 0 Å². The molecule has 0 aliphatic rings. The van der Waals surface area contributed by atoms with Gasteiger partial charge >= 0.3 is 6.09 Å². The predicted molar refractivity (Wildman–Crippen MR) is 52.3 cm³/mol. The molecule has 0 aromatic carbocycles. The number of carbonyl (C=O) groups is 1. The van der Waals surface area contributed by atoms with E-state index in [2.05, 4.69) is 15.0 Å². The first-order chi connectivity index (χ1) is 6.83. The predicted octanol–water partition coefficient (Wildman–Crippen LogP) is 0.404. The molecule has 1 heterocycles. The summed E-state index contributed by atoms with van der Waals surface area (Å²) in [6.07, 6.45) is 1.92. The van der Waals surface area contributed by atoms with Crippen LogP contribution in [0.4, 0.5) is 4.79 Å². The van der Waals surface area contributed by atoms with E-state index in [1.54, 1.807) is 17.5 Å². The van der Waals surface area contributed by atoms with Crippen molar-refractivity contribution >= 4 is 17.4 Å². The minimum atomic E-state index is -0.504. The molecule has 0 saturated heterocycles.